The zero-order valence-corrected chi connectivity index (χ0v) is 11.0. The average molecular weight is 359 g/mol. The summed E-state index contributed by atoms with van der Waals surface area (Å²) in [6.07, 6.45) is -8.51. The van der Waals surface area contributed by atoms with Crippen molar-refractivity contribution >= 4 is 15.9 Å². The van der Waals surface area contributed by atoms with E-state index in [0.29, 0.717) is 12.1 Å². The molecule has 9 heteroatoms. The lowest BCUT2D eigenvalue weighted by molar-refractivity contribution is -0.143. The highest BCUT2D eigenvalue weighted by Gasteiger charge is 2.37. The normalized spacial score (nSPS) is 12.8. The summed E-state index contributed by atoms with van der Waals surface area (Å²) in [6, 6.07) is 1.34. The number of halogens is 7. The SMILES string of the molecule is FC(F)(F)c1cc(-c2[nH]ncc2Br)cc(C(F)(F)F)c1. The Bertz CT molecular complexity index is 596. The van der Waals surface area contributed by atoms with Crippen molar-refractivity contribution in [1.29, 1.82) is 0 Å². The molecule has 0 unspecified atom stereocenters. The molecule has 2 aromatic rings. The molecule has 0 aliphatic rings. The van der Waals surface area contributed by atoms with Gasteiger partial charge in [-0.1, -0.05) is 0 Å². The first-order chi connectivity index (χ1) is 9.09. The van der Waals surface area contributed by atoms with Crippen molar-refractivity contribution in [3.63, 3.8) is 0 Å². The molecule has 0 fully saturated rings. The van der Waals surface area contributed by atoms with Crippen molar-refractivity contribution in [2.45, 2.75) is 12.4 Å². The molecular weight excluding hydrogens is 354 g/mol. The number of hydrogen-bond donors (Lipinski definition) is 1. The van der Waals surface area contributed by atoms with E-state index in [-0.39, 0.29) is 21.8 Å². The van der Waals surface area contributed by atoms with Gasteiger partial charge in [0, 0.05) is 5.56 Å². The lowest BCUT2D eigenvalue weighted by Crippen LogP contribution is -2.11. The Morgan fingerprint density at radius 2 is 1.40 bits per heavy atom. The molecule has 0 atom stereocenters. The second kappa shape index (κ2) is 4.80. The first-order valence-corrected chi connectivity index (χ1v) is 5.87. The molecule has 108 valence electrons. The van der Waals surface area contributed by atoms with Crippen LogP contribution in [0.1, 0.15) is 11.1 Å². The van der Waals surface area contributed by atoms with E-state index in [4.69, 9.17) is 0 Å². The zero-order chi connectivity index (χ0) is 15.1. The van der Waals surface area contributed by atoms with Gasteiger partial charge in [-0.3, -0.25) is 5.10 Å². The van der Waals surface area contributed by atoms with Crippen LogP contribution in [0.2, 0.25) is 0 Å². The minimum absolute atomic E-state index is 0.0431. The third-order valence-corrected chi connectivity index (χ3v) is 3.07. The number of H-pyrrole nitrogens is 1. The molecule has 2 rings (SSSR count). The van der Waals surface area contributed by atoms with E-state index in [2.05, 4.69) is 26.1 Å². The summed E-state index contributed by atoms with van der Waals surface area (Å²) >= 11 is 3.00. The van der Waals surface area contributed by atoms with Gasteiger partial charge in [-0.2, -0.15) is 31.4 Å². The van der Waals surface area contributed by atoms with Crippen LogP contribution in [0.15, 0.2) is 28.9 Å². The van der Waals surface area contributed by atoms with Crippen molar-refractivity contribution in [2.75, 3.05) is 0 Å². The van der Waals surface area contributed by atoms with Crippen molar-refractivity contribution < 1.29 is 26.3 Å². The Balaban J connectivity index is 2.67. The molecule has 0 saturated heterocycles. The lowest BCUT2D eigenvalue weighted by Gasteiger charge is -2.13. The third kappa shape index (κ3) is 2.97. The molecule has 0 aliphatic heterocycles. The first kappa shape index (κ1) is 14.9. The number of rotatable bonds is 1. The van der Waals surface area contributed by atoms with Crippen LogP contribution < -0.4 is 0 Å². The third-order valence-electron chi connectivity index (χ3n) is 2.47. The van der Waals surface area contributed by atoms with Crippen LogP contribution in [-0.4, -0.2) is 10.2 Å². The molecule has 1 aromatic carbocycles. The molecule has 0 bridgehead atoms. The summed E-state index contributed by atoms with van der Waals surface area (Å²) in [5.74, 6) is 0. The van der Waals surface area contributed by atoms with Crippen LogP contribution in [0.4, 0.5) is 26.3 Å². The van der Waals surface area contributed by atoms with Crippen molar-refractivity contribution in [1.82, 2.24) is 10.2 Å². The van der Waals surface area contributed by atoms with Crippen LogP contribution in [0.25, 0.3) is 11.3 Å². The summed E-state index contributed by atoms with van der Waals surface area (Å²) in [4.78, 5) is 0. The van der Waals surface area contributed by atoms with Gasteiger partial charge in [-0.25, -0.2) is 0 Å². The highest BCUT2D eigenvalue weighted by molar-refractivity contribution is 9.10. The van der Waals surface area contributed by atoms with Gasteiger partial charge in [0.25, 0.3) is 0 Å². The largest absolute Gasteiger partial charge is 0.416 e. The van der Waals surface area contributed by atoms with Crippen LogP contribution >= 0.6 is 15.9 Å². The van der Waals surface area contributed by atoms with Crippen molar-refractivity contribution in [3.05, 3.63) is 40.0 Å². The smallest absolute Gasteiger partial charge is 0.277 e. The predicted molar refractivity (Wildman–Crippen MR) is 61.7 cm³/mol. The maximum Gasteiger partial charge on any atom is 0.416 e. The minimum Gasteiger partial charge on any atom is -0.277 e. The molecule has 0 spiro atoms. The molecule has 1 aromatic heterocycles. The second-order valence-electron chi connectivity index (χ2n) is 3.89. The quantitative estimate of drug-likeness (QED) is 0.723. The Labute approximate surface area is 116 Å². The fourth-order valence-electron chi connectivity index (χ4n) is 1.57. The zero-order valence-electron chi connectivity index (χ0n) is 9.40. The Morgan fingerprint density at radius 3 is 1.75 bits per heavy atom. The van der Waals surface area contributed by atoms with Gasteiger partial charge in [0.1, 0.15) is 0 Å². The van der Waals surface area contributed by atoms with Gasteiger partial charge >= 0.3 is 12.4 Å². The first-order valence-electron chi connectivity index (χ1n) is 5.08. The van der Waals surface area contributed by atoms with Crippen LogP contribution in [0.5, 0.6) is 0 Å². The monoisotopic (exact) mass is 358 g/mol. The summed E-state index contributed by atoms with van der Waals surface area (Å²) in [6.45, 7) is 0. The maximum atomic E-state index is 12.7. The summed E-state index contributed by atoms with van der Waals surface area (Å²) in [7, 11) is 0. The predicted octanol–water partition coefficient (Wildman–Crippen LogP) is 4.88. The minimum atomic E-state index is -4.87. The highest BCUT2D eigenvalue weighted by Crippen LogP contribution is 2.39. The van der Waals surface area contributed by atoms with Gasteiger partial charge in [0.2, 0.25) is 0 Å². The van der Waals surface area contributed by atoms with Gasteiger partial charge in [0.15, 0.2) is 0 Å². The highest BCUT2D eigenvalue weighted by atomic mass is 79.9. The van der Waals surface area contributed by atoms with E-state index < -0.39 is 23.5 Å². The number of alkyl halides is 6. The Kier molecular flexibility index (Phi) is 3.57. The standard InChI is InChI=1S/C11H5BrF6N2/c12-8-4-19-20-9(8)5-1-6(10(13,14)15)3-7(2-5)11(16,17)18/h1-4H,(H,19,20). The fraction of sp³-hybridized carbons (Fsp3) is 0.182. The van der Waals surface area contributed by atoms with E-state index in [1.165, 1.54) is 6.20 Å². The maximum absolute atomic E-state index is 12.7. The Morgan fingerprint density at radius 1 is 0.900 bits per heavy atom. The number of benzene rings is 1. The van der Waals surface area contributed by atoms with Crippen molar-refractivity contribution in [3.8, 4) is 11.3 Å². The molecular formula is C11H5BrF6N2. The summed E-state index contributed by atoms with van der Waals surface area (Å²) < 4.78 is 76.3. The molecule has 0 saturated carbocycles. The molecule has 1 N–H and O–H groups in total. The summed E-state index contributed by atoms with van der Waals surface area (Å²) in [5, 5.41) is 5.89. The van der Waals surface area contributed by atoms with Crippen molar-refractivity contribution in [2.24, 2.45) is 0 Å². The van der Waals surface area contributed by atoms with E-state index in [1.807, 2.05) is 0 Å². The van der Waals surface area contributed by atoms with Crippen LogP contribution in [-0.2, 0) is 12.4 Å². The Hall–Kier alpha value is -1.51. The lowest BCUT2D eigenvalue weighted by atomic mass is 10.0. The number of nitrogens with zero attached hydrogens (tertiary/aromatic N) is 1. The average Bonchev–Trinajstić information content (AvgIpc) is 2.72. The van der Waals surface area contributed by atoms with E-state index in [9.17, 15) is 26.3 Å². The van der Waals surface area contributed by atoms with Gasteiger partial charge < -0.3 is 0 Å². The van der Waals surface area contributed by atoms with Crippen LogP contribution in [0, 0.1) is 0 Å². The number of nitrogens with one attached hydrogen (secondary N) is 1. The number of aromatic amines is 1. The fourth-order valence-corrected chi connectivity index (χ4v) is 1.99. The van der Waals surface area contributed by atoms with E-state index in [0.717, 1.165) is 0 Å². The topological polar surface area (TPSA) is 28.7 Å². The number of aromatic nitrogens is 2. The number of hydrogen-bond acceptors (Lipinski definition) is 1. The van der Waals surface area contributed by atoms with Gasteiger partial charge in [0.05, 0.1) is 27.5 Å². The molecule has 0 amide bonds. The van der Waals surface area contributed by atoms with Crippen LogP contribution in [0.3, 0.4) is 0 Å². The second-order valence-corrected chi connectivity index (χ2v) is 4.74. The molecule has 0 aliphatic carbocycles. The van der Waals surface area contributed by atoms with Gasteiger partial charge in [-0.15, -0.1) is 0 Å². The molecule has 0 radical (unpaired) electrons. The van der Waals surface area contributed by atoms with E-state index >= 15 is 0 Å². The van der Waals surface area contributed by atoms with Gasteiger partial charge in [-0.05, 0) is 34.1 Å². The molecule has 2 nitrogen and oxygen atoms in total. The molecule has 1 heterocycles. The summed E-state index contributed by atoms with van der Waals surface area (Å²) in [5.41, 5.74) is -2.95. The molecule has 20 heavy (non-hydrogen) atoms. The van der Waals surface area contributed by atoms with E-state index in [1.54, 1.807) is 0 Å².